The van der Waals surface area contributed by atoms with Crippen LogP contribution in [0.4, 0.5) is 0 Å². The summed E-state index contributed by atoms with van der Waals surface area (Å²) in [6.07, 6.45) is 6.19. The van der Waals surface area contributed by atoms with Crippen molar-refractivity contribution in [2.45, 2.75) is 38.5 Å². The average Bonchev–Trinajstić information content (AvgIpc) is 3.15. The van der Waals surface area contributed by atoms with Gasteiger partial charge >= 0.3 is 0 Å². The van der Waals surface area contributed by atoms with Gasteiger partial charge in [0.2, 0.25) is 5.88 Å². The van der Waals surface area contributed by atoms with Crippen LogP contribution in [-0.4, -0.2) is 44.6 Å². The number of nitrogens with zero attached hydrogens (tertiary/aromatic N) is 2. The molecule has 3 rings (SSSR count). The van der Waals surface area contributed by atoms with E-state index >= 15 is 0 Å². The predicted molar refractivity (Wildman–Crippen MR) is 129 cm³/mol. The molecule has 0 aliphatic heterocycles. The van der Waals surface area contributed by atoms with E-state index in [2.05, 4.69) is 29.6 Å². The Morgan fingerprint density at radius 3 is 2.78 bits per heavy atom. The number of carbonyl (C=O) groups is 1. The number of fused-ring (bicyclic) bond motifs is 1. The quantitative estimate of drug-likeness (QED) is 0.170. The van der Waals surface area contributed by atoms with Crippen LogP contribution >= 0.6 is 0 Å². The van der Waals surface area contributed by atoms with E-state index in [0.29, 0.717) is 36.7 Å². The molecule has 32 heavy (non-hydrogen) atoms. The van der Waals surface area contributed by atoms with Crippen LogP contribution in [0.15, 0.2) is 52.2 Å². The van der Waals surface area contributed by atoms with Crippen LogP contribution in [0.2, 0.25) is 25.7 Å². The fourth-order valence-corrected chi connectivity index (χ4v) is 3.80. The number of aldehydes is 1. The molecule has 0 spiro atoms. The minimum absolute atomic E-state index is 0.279. The first-order chi connectivity index (χ1) is 15.4. The van der Waals surface area contributed by atoms with Gasteiger partial charge in [0, 0.05) is 68.6 Å². The summed E-state index contributed by atoms with van der Waals surface area (Å²) in [7, 11) is -1.12. The van der Waals surface area contributed by atoms with E-state index in [1.165, 1.54) is 6.21 Å². The summed E-state index contributed by atoms with van der Waals surface area (Å²) in [6.45, 7) is 7.92. The SMILES string of the molecule is C[Si](C)(C)CCOCN=C(CC=N)c1ccc(Oc2ccc3c(CC=O)coc3c2)nc1. The van der Waals surface area contributed by atoms with Gasteiger partial charge in [-0.25, -0.2) is 4.98 Å². The standard InChI is InChI=1S/C24H29N3O4Si/c1-32(2,3)13-12-29-17-27-22(8-10-25)18-4-7-24(26-15-18)31-20-5-6-21-19(9-11-28)16-30-23(21)14-20/h4-7,10-11,14-16,25H,8-9,12-13,17H2,1-3H3. The molecule has 0 aliphatic carbocycles. The lowest BCUT2D eigenvalue weighted by molar-refractivity contribution is -0.107. The fraction of sp³-hybridized carbons (Fsp3) is 0.333. The van der Waals surface area contributed by atoms with Crippen molar-refractivity contribution in [2.24, 2.45) is 4.99 Å². The fourth-order valence-electron chi connectivity index (χ4n) is 3.04. The number of hydrogen-bond donors (Lipinski definition) is 1. The lowest BCUT2D eigenvalue weighted by Gasteiger charge is -2.14. The molecular formula is C24H29N3O4Si. The number of aromatic nitrogens is 1. The van der Waals surface area contributed by atoms with E-state index in [0.717, 1.165) is 34.6 Å². The zero-order chi connectivity index (χ0) is 23.0. The number of nitrogens with one attached hydrogen (secondary N) is 1. The monoisotopic (exact) mass is 451 g/mol. The first kappa shape index (κ1) is 23.6. The zero-order valence-corrected chi connectivity index (χ0v) is 19.8. The third kappa shape index (κ3) is 6.70. The van der Waals surface area contributed by atoms with Crippen molar-refractivity contribution in [3.8, 4) is 11.6 Å². The largest absolute Gasteiger partial charge is 0.464 e. The van der Waals surface area contributed by atoms with E-state index in [9.17, 15) is 4.79 Å². The number of aliphatic imine (C=N–C) groups is 1. The highest BCUT2D eigenvalue weighted by molar-refractivity contribution is 6.76. The van der Waals surface area contributed by atoms with Gasteiger partial charge in [-0.3, -0.25) is 4.99 Å². The number of ether oxygens (including phenoxy) is 2. The summed E-state index contributed by atoms with van der Waals surface area (Å²) in [5.74, 6) is 1.03. The van der Waals surface area contributed by atoms with Crippen molar-refractivity contribution in [1.82, 2.24) is 4.98 Å². The molecule has 3 aromatic rings. The number of carbonyl (C=O) groups excluding carboxylic acids is 1. The van der Waals surface area contributed by atoms with Crippen LogP contribution in [0.5, 0.6) is 11.6 Å². The van der Waals surface area contributed by atoms with Gasteiger partial charge in [0.1, 0.15) is 24.3 Å². The topological polar surface area (TPSA) is 97.8 Å². The van der Waals surface area contributed by atoms with Gasteiger partial charge in [0.05, 0.1) is 12.0 Å². The van der Waals surface area contributed by atoms with Gasteiger partial charge in [-0.1, -0.05) is 19.6 Å². The van der Waals surface area contributed by atoms with Gasteiger partial charge < -0.3 is 24.1 Å². The van der Waals surface area contributed by atoms with Crippen molar-refractivity contribution in [3.05, 3.63) is 53.9 Å². The van der Waals surface area contributed by atoms with Crippen molar-refractivity contribution < 1.29 is 18.7 Å². The molecule has 168 valence electrons. The predicted octanol–water partition coefficient (Wildman–Crippen LogP) is 5.50. The summed E-state index contributed by atoms with van der Waals surface area (Å²) in [6, 6.07) is 10.2. The molecule has 7 nitrogen and oxygen atoms in total. The summed E-state index contributed by atoms with van der Waals surface area (Å²) < 4.78 is 17.0. The lowest BCUT2D eigenvalue weighted by atomic mass is 10.1. The Hall–Kier alpha value is -3.10. The summed E-state index contributed by atoms with van der Waals surface area (Å²) >= 11 is 0. The van der Waals surface area contributed by atoms with Crippen molar-refractivity contribution in [3.63, 3.8) is 0 Å². The molecule has 0 aliphatic rings. The van der Waals surface area contributed by atoms with E-state index in [4.69, 9.17) is 19.3 Å². The van der Waals surface area contributed by atoms with Gasteiger partial charge in [0.25, 0.3) is 0 Å². The Balaban J connectivity index is 1.64. The Morgan fingerprint density at radius 1 is 1.25 bits per heavy atom. The van der Waals surface area contributed by atoms with Gasteiger partial charge in [0.15, 0.2) is 0 Å². The maximum absolute atomic E-state index is 10.8. The molecule has 0 fully saturated rings. The smallest absolute Gasteiger partial charge is 0.219 e. The first-order valence-corrected chi connectivity index (χ1v) is 14.3. The highest BCUT2D eigenvalue weighted by Crippen LogP contribution is 2.28. The van der Waals surface area contributed by atoms with Crippen LogP contribution in [0, 0.1) is 5.41 Å². The number of benzene rings is 1. The Labute approximate surface area is 189 Å². The highest BCUT2D eigenvalue weighted by Gasteiger charge is 2.12. The van der Waals surface area contributed by atoms with Crippen LogP contribution in [0.3, 0.4) is 0 Å². The van der Waals surface area contributed by atoms with Crippen molar-refractivity contribution in [1.29, 1.82) is 5.41 Å². The number of pyridine rings is 1. The van der Waals surface area contributed by atoms with Gasteiger partial charge in [-0.05, 0) is 24.2 Å². The summed E-state index contributed by atoms with van der Waals surface area (Å²) in [5.41, 5.74) is 3.10. The molecule has 0 radical (unpaired) electrons. The molecular weight excluding hydrogens is 422 g/mol. The average molecular weight is 452 g/mol. The van der Waals surface area contributed by atoms with Crippen LogP contribution in [0.25, 0.3) is 11.0 Å². The number of furan rings is 1. The molecule has 0 unspecified atom stereocenters. The molecule has 0 amide bonds. The molecule has 0 saturated carbocycles. The maximum atomic E-state index is 10.8. The van der Waals surface area contributed by atoms with E-state index in [1.807, 2.05) is 18.2 Å². The van der Waals surface area contributed by atoms with E-state index in [-0.39, 0.29) is 6.73 Å². The second kappa shape index (κ2) is 11.0. The molecule has 0 bridgehead atoms. The molecule has 2 aromatic heterocycles. The second-order valence-electron chi connectivity index (χ2n) is 8.64. The van der Waals surface area contributed by atoms with E-state index in [1.54, 1.807) is 24.6 Å². The highest BCUT2D eigenvalue weighted by atomic mass is 28.3. The number of rotatable bonds is 12. The lowest BCUT2D eigenvalue weighted by Crippen LogP contribution is -2.21. The molecule has 0 atom stereocenters. The van der Waals surface area contributed by atoms with Crippen molar-refractivity contribution >= 4 is 37.3 Å². The van der Waals surface area contributed by atoms with Crippen LogP contribution in [-0.2, 0) is 16.0 Å². The normalized spacial score (nSPS) is 12.2. The third-order valence-corrected chi connectivity index (χ3v) is 6.57. The molecule has 1 N–H and O–H groups in total. The van der Waals surface area contributed by atoms with Crippen molar-refractivity contribution in [2.75, 3.05) is 13.3 Å². The second-order valence-corrected chi connectivity index (χ2v) is 14.3. The Bertz CT molecular complexity index is 1080. The van der Waals surface area contributed by atoms with E-state index < -0.39 is 8.07 Å². The number of hydrogen-bond acceptors (Lipinski definition) is 7. The summed E-state index contributed by atoms with van der Waals surface area (Å²) in [4.78, 5) is 19.7. The molecule has 1 aromatic carbocycles. The summed E-state index contributed by atoms with van der Waals surface area (Å²) in [5, 5.41) is 8.35. The van der Waals surface area contributed by atoms with Crippen LogP contribution < -0.4 is 4.74 Å². The first-order valence-electron chi connectivity index (χ1n) is 10.6. The molecule has 8 heteroatoms. The zero-order valence-electron chi connectivity index (χ0n) is 18.8. The van der Waals surface area contributed by atoms with Gasteiger partial charge in [-0.15, -0.1) is 0 Å². The Morgan fingerprint density at radius 2 is 2.09 bits per heavy atom. The third-order valence-electron chi connectivity index (χ3n) is 4.86. The maximum Gasteiger partial charge on any atom is 0.219 e. The van der Waals surface area contributed by atoms with Crippen LogP contribution in [0.1, 0.15) is 17.5 Å². The Kier molecular flexibility index (Phi) is 8.07. The minimum Gasteiger partial charge on any atom is -0.464 e. The van der Waals surface area contributed by atoms with Gasteiger partial charge in [-0.2, -0.15) is 0 Å². The minimum atomic E-state index is -1.12. The molecule has 0 saturated heterocycles. The molecule has 2 heterocycles.